The fraction of sp³-hybridized carbons (Fsp3) is 0.357. The molecule has 0 bridgehead atoms. The van der Waals surface area contributed by atoms with Gasteiger partial charge in [-0.05, 0) is 61.6 Å². The zero-order valence-corrected chi connectivity index (χ0v) is 21.0. The van der Waals surface area contributed by atoms with E-state index in [-0.39, 0.29) is 29.8 Å². The minimum atomic E-state index is -0.407. The predicted molar refractivity (Wildman–Crippen MR) is 135 cm³/mol. The number of carbonyl (C=O) groups is 2. The van der Waals surface area contributed by atoms with Crippen molar-refractivity contribution in [2.75, 3.05) is 13.7 Å². The van der Waals surface area contributed by atoms with E-state index in [2.05, 4.69) is 14.6 Å². The van der Waals surface area contributed by atoms with Gasteiger partial charge in [-0.25, -0.2) is 13.9 Å². The summed E-state index contributed by atoms with van der Waals surface area (Å²) in [5.74, 6) is -1.01. The summed E-state index contributed by atoms with van der Waals surface area (Å²) >= 11 is 0. The van der Waals surface area contributed by atoms with Crippen molar-refractivity contribution < 1.29 is 18.7 Å². The van der Waals surface area contributed by atoms with E-state index >= 15 is 4.39 Å². The highest BCUT2D eigenvalue weighted by Gasteiger charge is 2.45. The first kappa shape index (κ1) is 23.4. The quantitative estimate of drug-likeness (QED) is 0.379. The molecule has 1 unspecified atom stereocenters. The number of halogens is 1. The summed E-state index contributed by atoms with van der Waals surface area (Å²) in [6, 6.07) is 12.5. The first-order valence-corrected chi connectivity index (χ1v) is 12.6. The number of benzene rings is 1. The Bertz CT molecular complexity index is 1540. The number of esters is 1. The maximum atomic E-state index is 15.2. The fourth-order valence-corrected chi connectivity index (χ4v) is 5.48. The van der Waals surface area contributed by atoms with E-state index in [1.165, 1.54) is 13.2 Å². The number of ether oxygens (including phenoxy) is 1. The van der Waals surface area contributed by atoms with Crippen LogP contribution in [0.4, 0.5) is 4.39 Å². The SMILES string of the molecule is CCc1cc(C(=O)N2CCn3cccc3C2C)nc2cc(-c3ccc([C@H]4C[C@@H]4C(=O)OC)cc3F)nn12. The van der Waals surface area contributed by atoms with Crippen LogP contribution in [0.15, 0.2) is 48.7 Å². The van der Waals surface area contributed by atoms with Crippen molar-refractivity contribution >= 4 is 17.5 Å². The van der Waals surface area contributed by atoms with Gasteiger partial charge in [-0.3, -0.25) is 9.59 Å². The number of hydrogen-bond donors (Lipinski definition) is 0. The van der Waals surface area contributed by atoms with Crippen molar-refractivity contribution in [2.24, 2.45) is 5.92 Å². The third-order valence-corrected chi connectivity index (χ3v) is 7.68. The van der Waals surface area contributed by atoms with E-state index in [1.807, 2.05) is 43.1 Å². The molecule has 1 fully saturated rings. The number of aromatic nitrogens is 4. The number of nitrogens with zero attached hydrogens (tertiary/aromatic N) is 5. The summed E-state index contributed by atoms with van der Waals surface area (Å²) < 4.78 is 23.8. The molecule has 0 spiro atoms. The lowest BCUT2D eigenvalue weighted by atomic mass is 10.0. The molecule has 1 aromatic carbocycles. The molecule has 1 amide bonds. The second-order valence-corrected chi connectivity index (χ2v) is 9.80. The molecule has 3 atom stereocenters. The van der Waals surface area contributed by atoms with Crippen molar-refractivity contribution in [3.05, 3.63) is 77.1 Å². The highest BCUT2D eigenvalue weighted by Crippen LogP contribution is 2.48. The lowest BCUT2D eigenvalue weighted by Crippen LogP contribution is -2.41. The van der Waals surface area contributed by atoms with Crippen LogP contribution >= 0.6 is 0 Å². The van der Waals surface area contributed by atoms with Crippen molar-refractivity contribution in [1.82, 2.24) is 24.1 Å². The number of rotatable bonds is 5. The Morgan fingerprint density at radius 2 is 2.00 bits per heavy atom. The molecule has 4 heterocycles. The number of hydrogen-bond acceptors (Lipinski definition) is 5. The average Bonchev–Trinajstić information content (AvgIpc) is 3.34. The van der Waals surface area contributed by atoms with Crippen LogP contribution in [0.3, 0.4) is 0 Å². The van der Waals surface area contributed by atoms with Gasteiger partial charge in [0.15, 0.2) is 5.65 Å². The molecule has 37 heavy (non-hydrogen) atoms. The Morgan fingerprint density at radius 1 is 1.16 bits per heavy atom. The summed E-state index contributed by atoms with van der Waals surface area (Å²) in [6.07, 6.45) is 3.34. The molecule has 9 heteroatoms. The van der Waals surface area contributed by atoms with Gasteiger partial charge in [-0.2, -0.15) is 5.10 Å². The molecular weight excluding hydrogens is 473 g/mol. The predicted octanol–water partition coefficient (Wildman–Crippen LogP) is 4.39. The molecule has 0 N–H and O–H groups in total. The maximum absolute atomic E-state index is 15.2. The van der Waals surface area contributed by atoms with Crippen LogP contribution in [0.5, 0.6) is 0 Å². The lowest BCUT2D eigenvalue weighted by Gasteiger charge is -2.34. The minimum Gasteiger partial charge on any atom is -0.469 e. The van der Waals surface area contributed by atoms with Crippen LogP contribution in [0.25, 0.3) is 16.9 Å². The Kier molecular flexibility index (Phi) is 5.58. The molecular formula is C28H28FN5O3. The average molecular weight is 502 g/mol. The van der Waals surface area contributed by atoms with Gasteiger partial charge in [0, 0.05) is 42.3 Å². The lowest BCUT2D eigenvalue weighted by molar-refractivity contribution is -0.142. The van der Waals surface area contributed by atoms with Gasteiger partial charge < -0.3 is 14.2 Å². The maximum Gasteiger partial charge on any atom is 0.309 e. The highest BCUT2D eigenvalue weighted by molar-refractivity contribution is 5.93. The van der Waals surface area contributed by atoms with Crippen molar-refractivity contribution in [3.63, 3.8) is 0 Å². The van der Waals surface area contributed by atoms with E-state index in [0.29, 0.717) is 42.0 Å². The van der Waals surface area contributed by atoms with Gasteiger partial charge in [0.1, 0.15) is 11.5 Å². The summed E-state index contributed by atoms with van der Waals surface area (Å²) in [5.41, 5.74) is 4.37. The molecule has 4 aromatic rings. The topological polar surface area (TPSA) is 81.7 Å². The van der Waals surface area contributed by atoms with E-state index in [9.17, 15) is 9.59 Å². The molecule has 190 valence electrons. The van der Waals surface area contributed by atoms with Gasteiger partial charge in [0.05, 0.1) is 24.8 Å². The molecule has 0 saturated heterocycles. The first-order chi connectivity index (χ1) is 17.9. The van der Waals surface area contributed by atoms with Gasteiger partial charge in [-0.15, -0.1) is 0 Å². The van der Waals surface area contributed by atoms with Crippen LogP contribution in [0.2, 0.25) is 0 Å². The number of fused-ring (bicyclic) bond motifs is 2. The Morgan fingerprint density at radius 3 is 2.76 bits per heavy atom. The molecule has 3 aromatic heterocycles. The third kappa shape index (κ3) is 3.89. The number of amides is 1. The molecule has 0 radical (unpaired) electrons. The van der Waals surface area contributed by atoms with Crippen LogP contribution in [0.1, 0.15) is 59.7 Å². The van der Waals surface area contributed by atoms with E-state index in [4.69, 9.17) is 4.74 Å². The number of aryl methyl sites for hydroxylation is 1. The van der Waals surface area contributed by atoms with E-state index in [1.54, 1.807) is 22.7 Å². The second kappa shape index (κ2) is 8.83. The van der Waals surface area contributed by atoms with E-state index in [0.717, 1.165) is 23.5 Å². The summed E-state index contributed by atoms with van der Waals surface area (Å²) in [6.45, 7) is 5.37. The molecule has 1 aliphatic heterocycles. The fourth-order valence-electron chi connectivity index (χ4n) is 5.48. The zero-order chi connectivity index (χ0) is 25.8. The van der Waals surface area contributed by atoms with Gasteiger partial charge in [-0.1, -0.05) is 13.0 Å². The summed E-state index contributed by atoms with van der Waals surface area (Å²) in [7, 11) is 1.37. The number of methoxy groups -OCH3 is 1. The Labute approximate surface area is 213 Å². The van der Waals surface area contributed by atoms with Crippen molar-refractivity contribution in [1.29, 1.82) is 0 Å². The third-order valence-electron chi connectivity index (χ3n) is 7.68. The van der Waals surface area contributed by atoms with Gasteiger partial charge in [0.25, 0.3) is 5.91 Å². The Balaban J connectivity index is 1.31. The van der Waals surface area contributed by atoms with Crippen LogP contribution < -0.4 is 0 Å². The standard InChI is InChI=1S/C28H28FN5O3/c1-4-18-13-24(27(35)33-11-10-32-9-5-6-25(32)16(33)2)30-26-15-23(31-34(18)26)19-8-7-17(12-22(19)29)20-14-21(20)28(36)37-3/h5-9,12-13,15-16,20-21H,4,10-11,14H2,1-3H3/t16?,20-,21+/m1/s1. The summed E-state index contributed by atoms with van der Waals surface area (Å²) in [4.78, 5) is 31.8. The van der Waals surface area contributed by atoms with Crippen molar-refractivity contribution in [3.8, 4) is 11.3 Å². The van der Waals surface area contributed by atoms with Gasteiger partial charge in [0.2, 0.25) is 0 Å². The minimum absolute atomic E-state index is 0.0148. The monoisotopic (exact) mass is 501 g/mol. The zero-order valence-electron chi connectivity index (χ0n) is 21.0. The second-order valence-electron chi connectivity index (χ2n) is 9.80. The van der Waals surface area contributed by atoms with Crippen LogP contribution in [-0.2, 0) is 22.5 Å². The van der Waals surface area contributed by atoms with Crippen LogP contribution in [-0.4, -0.2) is 49.6 Å². The molecule has 1 aliphatic carbocycles. The Hall–Kier alpha value is -4.01. The molecule has 2 aliphatic rings. The first-order valence-electron chi connectivity index (χ1n) is 12.6. The summed E-state index contributed by atoms with van der Waals surface area (Å²) in [5, 5.41) is 4.62. The largest absolute Gasteiger partial charge is 0.469 e. The molecule has 6 rings (SSSR count). The van der Waals surface area contributed by atoms with Gasteiger partial charge >= 0.3 is 5.97 Å². The molecule has 1 saturated carbocycles. The van der Waals surface area contributed by atoms with Crippen LogP contribution in [0, 0.1) is 11.7 Å². The highest BCUT2D eigenvalue weighted by atomic mass is 19.1. The van der Waals surface area contributed by atoms with E-state index < -0.39 is 5.82 Å². The smallest absolute Gasteiger partial charge is 0.309 e. The normalized spacial score (nSPS) is 20.6. The molecule has 8 nitrogen and oxygen atoms in total. The number of carbonyl (C=O) groups excluding carboxylic acids is 2. The van der Waals surface area contributed by atoms with Crippen molar-refractivity contribution in [2.45, 2.75) is 45.2 Å².